The first-order chi connectivity index (χ1) is 24.1. The molecular weight excluding hydrogens is 745 g/mol. The van der Waals surface area contributed by atoms with E-state index in [1.54, 1.807) is 24.3 Å². The van der Waals surface area contributed by atoms with Gasteiger partial charge >= 0.3 is 0 Å². The van der Waals surface area contributed by atoms with E-state index in [-0.39, 0.29) is 24.0 Å². The van der Waals surface area contributed by atoms with Gasteiger partial charge in [0.1, 0.15) is 11.5 Å². The molecule has 9 nitrogen and oxygen atoms in total. The molecule has 0 spiro atoms. The van der Waals surface area contributed by atoms with Gasteiger partial charge in [0.25, 0.3) is 11.8 Å². The molecule has 2 aliphatic carbocycles. The number of anilines is 2. The van der Waals surface area contributed by atoms with Gasteiger partial charge in [-0.2, -0.15) is 5.01 Å². The smallest absolute Gasteiger partial charge is 0.260 e. The highest BCUT2D eigenvalue weighted by Crippen LogP contribution is 2.65. The minimum atomic E-state index is -1.47. The van der Waals surface area contributed by atoms with Crippen LogP contribution in [0.1, 0.15) is 35.4 Å². The summed E-state index contributed by atoms with van der Waals surface area (Å²) in [6.07, 6.45) is 2.45. The van der Waals surface area contributed by atoms with Crippen molar-refractivity contribution < 1.29 is 29.0 Å². The van der Waals surface area contributed by atoms with Gasteiger partial charge in [0.15, 0.2) is 0 Å². The summed E-state index contributed by atoms with van der Waals surface area (Å²) in [4.78, 5) is 59.7. The zero-order chi connectivity index (χ0) is 34.9. The third-order valence-corrected chi connectivity index (χ3v) is 11.7. The van der Waals surface area contributed by atoms with Gasteiger partial charge in [-0.05, 0) is 96.3 Å². The molecule has 6 atom stereocenters. The van der Waals surface area contributed by atoms with Gasteiger partial charge < -0.3 is 9.84 Å². The van der Waals surface area contributed by atoms with E-state index in [1.807, 2.05) is 79.7 Å². The highest BCUT2D eigenvalue weighted by Gasteiger charge is 2.70. The maximum atomic E-state index is 15.2. The quantitative estimate of drug-likeness (QED) is 0.130. The predicted octanol–water partition coefficient (Wildman–Crippen LogP) is 6.50. The van der Waals surface area contributed by atoms with E-state index in [9.17, 15) is 19.5 Å². The van der Waals surface area contributed by atoms with E-state index in [0.29, 0.717) is 34.7 Å². The Morgan fingerprint density at radius 3 is 2.26 bits per heavy atom. The highest BCUT2D eigenvalue weighted by atomic mass is 127. The first-order valence-corrected chi connectivity index (χ1v) is 17.7. The van der Waals surface area contributed by atoms with Crippen molar-refractivity contribution in [3.05, 3.63) is 129 Å². The molecule has 1 saturated carbocycles. The molecule has 4 aliphatic rings. The van der Waals surface area contributed by atoms with Gasteiger partial charge in [0.05, 0.1) is 41.7 Å². The molecule has 10 heteroatoms. The maximum Gasteiger partial charge on any atom is 0.260 e. The van der Waals surface area contributed by atoms with Crippen molar-refractivity contribution in [3.8, 4) is 11.5 Å². The largest absolute Gasteiger partial charge is 0.508 e. The van der Waals surface area contributed by atoms with Gasteiger partial charge in [-0.25, -0.2) is 0 Å². The lowest BCUT2D eigenvalue weighted by atomic mass is 9.49. The SMILES string of the molecule is COc1ccc(C2C3=CCC4C(=O)N(c5ccc(I)cc5)C(=O)C4C3CC3C(=O)N(Nc4ccc(C)cc4)C(=O)C32c2ccccc2)c(O)c1. The summed E-state index contributed by atoms with van der Waals surface area (Å²) in [5, 5.41) is 12.8. The van der Waals surface area contributed by atoms with Crippen LogP contribution in [-0.2, 0) is 24.6 Å². The summed E-state index contributed by atoms with van der Waals surface area (Å²) in [6, 6.07) is 28.9. The number of carbonyl (C=O) groups is 4. The Labute approximate surface area is 303 Å². The molecule has 0 aromatic heterocycles. The Morgan fingerprint density at radius 1 is 0.860 bits per heavy atom. The van der Waals surface area contributed by atoms with Crippen LogP contribution in [0, 0.1) is 34.2 Å². The number of phenols is 1. The Morgan fingerprint density at radius 2 is 1.58 bits per heavy atom. The van der Waals surface area contributed by atoms with Gasteiger partial charge in [0.2, 0.25) is 11.8 Å². The number of fused-ring (bicyclic) bond motifs is 4. The maximum absolute atomic E-state index is 15.2. The van der Waals surface area contributed by atoms with Crippen LogP contribution in [0.25, 0.3) is 0 Å². The zero-order valence-corrected chi connectivity index (χ0v) is 29.5. The lowest BCUT2D eigenvalue weighted by Gasteiger charge is -2.50. The fraction of sp³-hybridized carbons (Fsp3) is 0.250. The third-order valence-electron chi connectivity index (χ3n) is 11.0. The van der Waals surface area contributed by atoms with E-state index in [4.69, 9.17) is 4.74 Å². The summed E-state index contributed by atoms with van der Waals surface area (Å²) < 4.78 is 6.39. The number of nitrogens with zero attached hydrogens (tertiary/aromatic N) is 2. The average molecular weight is 780 g/mol. The number of nitrogens with one attached hydrogen (secondary N) is 1. The molecule has 0 bridgehead atoms. The molecule has 8 rings (SSSR count). The summed E-state index contributed by atoms with van der Waals surface area (Å²) in [7, 11) is 1.51. The Kier molecular flexibility index (Phi) is 7.81. The number of methoxy groups -OCH3 is 1. The molecule has 6 unspecified atom stereocenters. The molecule has 2 heterocycles. The van der Waals surface area contributed by atoms with Gasteiger partial charge in [-0.1, -0.05) is 65.7 Å². The molecule has 2 saturated heterocycles. The number of imide groups is 2. The van der Waals surface area contributed by atoms with Crippen molar-refractivity contribution in [2.45, 2.75) is 31.1 Å². The fourth-order valence-electron chi connectivity index (χ4n) is 8.83. The number of amides is 4. The van der Waals surface area contributed by atoms with Crippen LogP contribution >= 0.6 is 22.6 Å². The molecule has 252 valence electrons. The number of hydrogen-bond donors (Lipinski definition) is 2. The number of carbonyl (C=O) groups excluding carboxylic acids is 4. The second-order valence-corrected chi connectivity index (χ2v) is 14.8. The minimum absolute atomic E-state index is 0.0911. The Hall–Kier alpha value is -4.97. The van der Waals surface area contributed by atoms with Gasteiger partial charge in [-0.3, -0.25) is 29.5 Å². The van der Waals surface area contributed by atoms with Crippen molar-refractivity contribution >= 4 is 57.6 Å². The van der Waals surface area contributed by atoms with Crippen molar-refractivity contribution in [3.63, 3.8) is 0 Å². The summed E-state index contributed by atoms with van der Waals surface area (Å²) in [5.41, 5.74) is 5.59. The summed E-state index contributed by atoms with van der Waals surface area (Å²) in [6.45, 7) is 1.96. The first kappa shape index (κ1) is 32.2. The topological polar surface area (TPSA) is 116 Å². The number of halogens is 1. The molecule has 0 radical (unpaired) electrons. The van der Waals surface area contributed by atoms with Crippen molar-refractivity contribution in [1.29, 1.82) is 0 Å². The fourth-order valence-corrected chi connectivity index (χ4v) is 9.19. The minimum Gasteiger partial charge on any atom is -0.508 e. The van der Waals surface area contributed by atoms with E-state index < -0.39 is 46.8 Å². The number of hydrazine groups is 1. The number of hydrogen-bond acceptors (Lipinski definition) is 7. The monoisotopic (exact) mass is 779 g/mol. The normalized spacial score (nSPS) is 27.1. The molecule has 3 fully saturated rings. The summed E-state index contributed by atoms with van der Waals surface area (Å²) in [5.74, 6) is -4.75. The first-order valence-electron chi connectivity index (χ1n) is 16.6. The van der Waals surface area contributed by atoms with Crippen molar-refractivity contribution in [2.24, 2.45) is 23.7 Å². The molecule has 2 aliphatic heterocycles. The predicted molar refractivity (Wildman–Crippen MR) is 195 cm³/mol. The summed E-state index contributed by atoms with van der Waals surface area (Å²) >= 11 is 2.18. The van der Waals surface area contributed by atoms with Crippen LogP contribution in [-0.4, -0.2) is 40.9 Å². The van der Waals surface area contributed by atoms with Crippen molar-refractivity contribution in [2.75, 3.05) is 17.4 Å². The van der Waals surface area contributed by atoms with Crippen molar-refractivity contribution in [1.82, 2.24) is 5.01 Å². The second-order valence-electron chi connectivity index (χ2n) is 13.5. The van der Waals surface area contributed by atoms with Crippen LogP contribution in [0.4, 0.5) is 11.4 Å². The standard InChI is InChI=1S/C40H34IN3O6/c1-22-8-12-25(13-9-22)42-44-37(47)32-21-31-28(18-19-30-34(31)38(48)43(36(30)46)26-14-10-24(41)11-15-26)35(29-17-16-27(50-2)20-33(29)45)40(32,39(44)49)23-6-4-3-5-7-23/h3-18,20,30-32,34-35,42,45H,19,21H2,1-2H3. The third kappa shape index (κ3) is 4.71. The number of rotatable bonds is 6. The molecule has 4 amide bonds. The van der Waals surface area contributed by atoms with Crippen LogP contribution in [0.3, 0.4) is 0 Å². The van der Waals surface area contributed by atoms with E-state index in [2.05, 4.69) is 28.0 Å². The Balaban J connectivity index is 1.32. The van der Waals surface area contributed by atoms with Crippen LogP contribution in [0.15, 0.2) is 109 Å². The Bertz CT molecular complexity index is 2080. The lowest BCUT2D eigenvalue weighted by molar-refractivity contribution is -0.138. The van der Waals surface area contributed by atoms with E-state index in [0.717, 1.165) is 19.7 Å². The van der Waals surface area contributed by atoms with Gasteiger partial charge in [-0.15, -0.1) is 0 Å². The number of benzene rings is 4. The lowest BCUT2D eigenvalue weighted by Crippen LogP contribution is -2.53. The van der Waals surface area contributed by atoms with E-state index in [1.165, 1.54) is 18.1 Å². The average Bonchev–Trinajstić information content (AvgIpc) is 3.51. The zero-order valence-electron chi connectivity index (χ0n) is 27.4. The van der Waals surface area contributed by atoms with Crippen LogP contribution in [0.5, 0.6) is 11.5 Å². The molecule has 4 aromatic rings. The number of ether oxygens (including phenoxy) is 1. The molecule has 50 heavy (non-hydrogen) atoms. The van der Waals surface area contributed by atoms with Crippen LogP contribution < -0.4 is 15.1 Å². The number of allylic oxidation sites excluding steroid dienone is 2. The highest BCUT2D eigenvalue weighted by molar-refractivity contribution is 14.1. The van der Waals surface area contributed by atoms with E-state index >= 15 is 4.79 Å². The molecular formula is C40H34IN3O6. The van der Waals surface area contributed by atoms with Gasteiger partial charge in [0, 0.05) is 21.1 Å². The van der Waals surface area contributed by atoms with Crippen LogP contribution in [0.2, 0.25) is 0 Å². The molecule has 4 aromatic carbocycles. The number of phenolic OH excluding ortho intramolecular Hbond substituents is 1. The number of aromatic hydroxyl groups is 1. The molecule has 2 N–H and O–H groups in total. The number of aryl methyl sites for hydroxylation is 1. The second kappa shape index (κ2) is 12.1.